The molecule has 0 aromatic rings. The van der Waals surface area contributed by atoms with Gasteiger partial charge in [-0.3, -0.25) is 14.4 Å². The predicted molar refractivity (Wildman–Crippen MR) is 60.4 cm³/mol. The summed E-state index contributed by atoms with van der Waals surface area (Å²) in [7, 11) is 1.37. The minimum atomic E-state index is -0.509. The Morgan fingerprint density at radius 1 is 1.47 bits per heavy atom. The third kappa shape index (κ3) is 6.35. The van der Waals surface area contributed by atoms with Gasteiger partial charge in [0.05, 0.1) is 7.11 Å². The molecule has 2 N–H and O–H groups in total. The number of carbonyl (C=O) groups excluding carboxylic acids is 2. The molecule has 0 aromatic carbocycles. The Labute approximate surface area is 94.3 Å². The molecule has 0 bridgehead atoms. The molecular formula is C9H18N2O3S. The Bertz CT molecular complexity index is 212. The molecule has 0 aliphatic heterocycles. The Morgan fingerprint density at radius 2 is 2.13 bits per heavy atom. The summed E-state index contributed by atoms with van der Waals surface area (Å²) in [6.45, 7) is 1.75. The second-order valence-electron chi connectivity index (χ2n) is 2.93. The number of amides is 2. The van der Waals surface area contributed by atoms with Gasteiger partial charge in [0.2, 0.25) is 5.91 Å². The van der Waals surface area contributed by atoms with Crippen LogP contribution in [-0.2, 0) is 14.4 Å². The van der Waals surface area contributed by atoms with Crippen molar-refractivity contribution in [2.75, 3.05) is 19.1 Å². The third-order valence-electron chi connectivity index (χ3n) is 1.79. The molecule has 5 nitrogen and oxygen atoms in total. The van der Waals surface area contributed by atoms with Gasteiger partial charge in [-0.25, -0.2) is 5.48 Å². The van der Waals surface area contributed by atoms with Gasteiger partial charge in [0, 0.05) is 6.42 Å². The second-order valence-corrected chi connectivity index (χ2v) is 3.91. The number of hydrogen-bond acceptors (Lipinski definition) is 4. The van der Waals surface area contributed by atoms with Gasteiger partial charge in [0.25, 0.3) is 5.91 Å². The molecular weight excluding hydrogens is 216 g/mol. The first-order valence-electron chi connectivity index (χ1n) is 4.76. The van der Waals surface area contributed by atoms with Crippen LogP contribution in [-0.4, -0.2) is 37.0 Å². The van der Waals surface area contributed by atoms with E-state index in [1.807, 2.05) is 6.26 Å². The minimum Gasteiger partial charge on any atom is -0.344 e. The molecule has 0 saturated heterocycles. The number of hydrogen-bond donors (Lipinski definition) is 2. The summed E-state index contributed by atoms with van der Waals surface area (Å²) in [5.41, 5.74) is 2.22. The van der Waals surface area contributed by atoms with Crippen LogP contribution in [0.3, 0.4) is 0 Å². The fourth-order valence-electron chi connectivity index (χ4n) is 0.973. The monoisotopic (exact) mass is 234 g/mol. The van der Waals surface area contributed by atoms with Crippen molar-refractivity contribution in [2.45, 2.75) is 25.8 Å². The fourth-order valence-corrected chi connectivity index (χ4v) is 1.44. The Hall–Kier alpha value is -0.750. The van der Waals surface area contributed by atoms with Crippen LogP contribution in [0.1, 0.15) is 19.8 Å². The van der Waals surface area contributed by atoms with E-state index < -0.39 is 6.04 Å². The highest BCUT2D eigenvalue weighted by atomic mass is 32.2. The first kappa shape index (κ1) is 14.2. The molecule has 0 spiro atoms. The molecule has 0 saturated carbocycles. The molecule has 15 heavy (non-hydrogen) atoms. The average molecular weight is 234 g/mol. The van der Waals surface area contributed by atoms with E-state index in [4.69, 9.17) is 0 Å². The standard InChI is InChI=1S/C9H18N2O3S/c1-4-8(12)10-7(5-6-15-3)9(13)11-14-2/h7H,4-6H2,1-3H3,(H,10,12)(H,11,13). The lowest BCUT2D eigenvalue weighted by atomic mass is 10.2. The van der Waals surface area contributed by atoms with Crippen LogP contribution in [0.25, 0.3) is 0 Å². The van der Waals surface area contributed by atoms with E-state index in [1.54, 1.807) is 18.7 Å². The normalized spacial score (nSPS) is 11.9. The largest absolute Gasteiger partial charge is 0.344 e. The molecule has 2 amide bonds. The highest BCUT2D eigenvalue weighted by Gasteiger charge is 2.19. The van der Waals surface area contributed by atoms with E-state index in [1.165, 1.54) is 7.11 Å². The highest BCUT2D eigenvalue weighted by Crippen LogP contribution is 2.01. The van der Waals surface area contributed by atoms with Crippen molar-refractivity contribution < 1.29 is 14.4 Å². The fraction of sp³-hybridized carbons (Fsp3) is 0.778. The van der Waals surface area contributed by atoms with Gasteiger partial charge in [-0.2, -0.15) is 11.8 Å². The molecule has 88 valence electrons. The topological polar surface area (TPSA) is 67.4 Å². The van der Waals surface area contributed by atoms with Crippen molar-refractivity contribution in [3.05, 3.63) is 0 Å². The van der Waals surface area contributed by atoms with Crippen molar-refractivity contribution in [2.24, 2.45) is 0 Å². The van der Waals surface area contributed by atoms with Crippen LogP contribution >= 0.6 is 11.8 Å². The quantitative estimate of drug-likeness (QED) is 0.622. The number of nitrogens with one attached hydrogen (secondary N) is 2. The van der Waals surface area contributed by atoms with E-state index >= 15 is 0 Å². The van der Waals surface area contributed by atoms with Crippen LogP contribution in [0.5, 0.6) is 0 Å². The third-order valence-corrected chi connectivity index (χ3v) is 2.43. The van der Waals surface area contributed by atoms with Gasteiger partial charge >= 0.3 is 0 Å². The number of thioether (sulfide) groups is 1. The van der Waals surface area contributed by atoms with Crippen molar-refractivity contribution in [1.82, 2.24) is 10.8 Å². The van der Waals surface area contributed by atoms with Crippen molar-refractivity contribution >= 4 is 23.6 Å². The first-order chi connectivity index (χ1) is 7.15. The van der Waals surface area contributed by atoms with Crippen LogP contribution in [0.4, 0.5) is 0 Å². The lowest BCUT2D eigenvalue weighted by Crippen LogP contribution is -2.46. The lowest BCUT2D eigenvalue weighted by molar-refractivity contribution is -0.136. The van der Waals surface area contributed by atoms with E-state index in [9.17, 15) is 9.59 Å². The van der Waals surface area contributed by atoms with Crippen molar-refractivity contribution in [3.63, 3.8) is 0 Å². The molecule has 0 aliphatic rings. The van der Waals surface area contributed by atoms with Gasteiger partial charge < -0.3 is 5.32 Å². The summed E-state index contributed by atoms with van der Waals surface area (Å²) < 4.78 is 0. The summed E-state index contributed by atoms with van der Waals surface area (Å²) in [5, 5.41) is 2.64. The van der Waals surface area contributed by atoms with Crippen LogP contribution in [0.2, 0.25) is 0 Å². The smallest absolute Gasteiger partial charge is 0.266 e. The lowest BCUT2D eigenvalue weighted by Gasteiger charge is -2.16. The van der Waals surface area contributed by atoms with Gasteiger partial charge in [0.15, 0.2) is 0 Å². The van der Waals surface area contributed by atoms with Crippen molar-refractivity contribution in [1.29, 1.82) is 0 Å². The summed E-state index contributed by atoms with van der Waals surface area (Å²) in [6.07, 6.45) is 2.92. The Kier molecular flexibility index (Phi) is 8.12. The van der Waals surface area contributed by atoms with Gasteiger partial charge in [-0.15, -0.1) is 0 Å². The zero-order valence-electron chi connectivity index (χ0n) is 9.33. The molecule has 0 aliphatic carbocycles. The SMILES string of the molecule is CCC(=O)NC(CCSC)C(=O)NOC. The Morgan fingerprint density at radius 3 is 2.60 bits per heavy atom. The summed E-state index contributed by atoms with van der Waals surface area (Å²) >= 11 is 1.63. The summed E-state index contributed by atoms with van der Waals surface area (Å²) in [6, 6.07) is -0.509. The van der Waals surface area contributed by atoms with Gasteiger partial charge in [-0.05, 0) is 18.4 Å². The second kappa shape index (κ2) is 8.55. The van der Waals surface area contributed by atoms with E-state index in [2.05, 4.69) is 15.6 Å². The molecule has 1 unspecified atom stereocenters. The maximum absolute atomic E-state index is 11.4. The molecule has 0 fully saturated rings. The van der Waals surface area contributed by atoms with Crippen LogP contribution < -0.4 is 10.8 Å². The molecule has 0 rings (SSSR count). The zero-order chi connectivity index (χ0) is 11.7. The first-order valence-corrected chi connectivity index (χ1v) is 6.16. The summed E-state index contributed by atoms with van der Waals surface area (Å²) in [5.74, 6) is 0.368. The van der Waals surface area contributed by atoms with Gasteiger partial charge in [0.1, 0.15) is 6.04 Å². The van der Waals surface area contributed by atoms with E-state index in [0.717, 1.165) is 5.75 Å². The Balaban J connectivity index is 4.16. The molecule has 0 heterocycles. The minimum absolute atomic E-state index is 0.132. The van der Waals surface area contributed by atoms with Crippen LogP contribution in [0.15, 0.2) is 0 Å². The van der Waals surface area contributed by atoms with Crippen molar-refractivity contribution in [3.8, 4) is 0 Å². The molecule has 6 heteroatoms. The highest BCUT2D eigenvalue weighted by molar-refractivity contribution is 7.98. The molecule has 0 aromatic heterocycles. The molecule has 0 radical (unpaired) electrons. The number of rotatable bonds is 7. The average Bonchev–Trinajstić information content (AvgIpc) is 2.24. The molecule has 1 atom stereocenters. The maximum Gasteiger partial charge on any atom is 0.266 e. The summed E-state index contributed by atoms with van der Waals surface area (Å²) in [4.78, 5) is 27.1. The zero-order valence-corrected chi connectivity index (χ0v) is 10.1. The maximum atomic E-state index is 11.4. The van der Waals surface area contributed by atoms with E-state index in [-0.39, 0.29) is 11.8 Å². The number of hydroxylamine groups is 1. The number of carbonyl (C=O) groups is 2. The van der Waals surface area contributed by atoms with Crippen LogP contribution in [0, 0.1) is 0 Å². The van der Waals surface area contributed by atoms with E-state index in [0.29, 0.717) is 12.8 Å². The van der Waals surface area contributed by atoms with Gasteiger partial charge in [-0.1, -0.05) is 6.92 Å². The predicted octanol–water partition coefficient (Wildman–Crippen LogP) is 0.312.